The molecule has 4 nitrogen and oxygen atoms in total. The zero-order valence-electron chi connectivity index (χ0n) is 13.9. The van der Waals surface area contributed by atoms with E-state index in [1.54, 1.807) is 0 Å². The molecule has 120 valence electrons. The molecule has 0 atom stereocenters. The molecule has 0 aliphatic carbocycles. The third kappa shape index (κ3) is 3.57. The number of hydrogen-bond donors (Lipinski definition) is 2. The summed E-state index contributed by atoms with van der Waals surface area (Å²) in [7, 11) is 1.56. The minimum Gasteiger partial charge on any atom is -0.400 e. The first kappa shape index (κ1) is 17.5. The maximum absolute atomic E-state index is 6.14. The van der Waals surface area contributed by atoms with Crippen molar-refractivity contribution in [2.75, 3.05) is 19.3 Å². The van der Waals surface area contributed by atoms with Gasteiger partial charge in [-0.1, -0.05) is 12.1 Å². The Labute approximate surface area is 141 Å². The monoisotopic (exact) mass is 366 g/mol. The van der Waals surface area contributed by atoms with Gasteiger partial charge in [0.1, 0.15) is 0 Å². The van der Waals surface area contributed by atoms with Crippen molar-refractivity contribution in [2.45, 2.75) is 38.9 Å². The van der Waals surface area contributed by atoms with Gasteiger partial charge in [-0.3, -0.25) is 0 Å². The lowest BCUT2D eigenvalue weighted by atomic mass is 9.77. The van der Waals surface area contributed by atoms with Gasteiger partial charge in [0.2, 0.25) is 0 Å². The van der Waals surface area contributed by atoms with Crippen LogP contribution in [0.15, 0.2) is 28.1 Å². The van der Waals surface area contributed by atoms with Crippen LogP contribution in [0.5, 0.6) is 0 Å². The molecule has 3 N–H and O–H groups in total. The molecule has 0 radical (unpaired) electrons. The van der Waals surface area contributed by atoms with E-state index in [1.165, 1.54) is 0 Å². The molecule has 0 unspecified atom stereocenters. The molecule has 1 fully saturated rings. The fourth-order valence-corrected chi connectivity index (χ4v) is 2.64. The summed E-state index contributed by atoms with van der Waals surface area (Å²) in [6.07, 6.45) is 2.09. The molecule has 1 heterocycles. The van der Waals surface area contributed by atoms with E-state index in [0.717, 1.165) is 21.2 Å². The van der Waals surface area contributed by atoms with Crippen molar-refractivity contribution in [1.82, 2.24) is 5.32 Å². The number of anilines is 1. The predicted octanol–water partition coefficient (Wildman–Crippen LogP) is 3.27. The fourth-order valence-electron chi connectivity index (χ4n) is 2.25. The van der Waals surface area contributed by atoms with E-state index in [2.05, 4.69) is 55.0 Å². The topological polar surface area (TPSA) is 56.5 Å². The number of nitrogens with one attached hydrogen (secondary N) is 1. The number of benzene rings is 1. The van der Waals surface area contributed by atoms with Gasteiger partial charge in [0.25, 0.3) is 0 Å². The Morgan fingerprint density at radius 3 is 2.36 bits per heavy atom. The highest BCUT2D eigenvalue weighted by Gasteiger charge is 2.52. The lowest BCUT2D eigenvalue weighted by molar-refractivity contribution is 0.00578. The normalized spacial score (nSPS) is 20.5. The van der Waals surface area contributed by atoms with Gasteiger partial charge in [-0.15, -0.1) is 0 Å². The van der Waals surface area contributed by atoms with Gasteiger partial charge >= 0.3 is 7.12 Å². The number of likely N-dealkylation sites (N-methyl/N-ethyl adjacent to an activating group) is 1. The molecule has 1 saturated heterocycles. The second-order valence-corrected chi connectivity index (χ2v) is 7.47. The Bertz CT molecular complexity index is 572. The second-order valence-electron chi connectivity index (χ2n) is 6.62. The van der Waals surface area contributed by atoms with Crippen molar-refractivity contribution in [3.63, 3.8) is 0 Å². The molecular formula is C16H24BBrN2O2. The third-order valence-corrected chi connectivity index (χ3v) is 5.00. The van der Waals surface area contributed by atoms with Gasteiger partial charge in [-0.05, 0) is 73.8 Å². The first-order valence-corrected chi connectivity index (χ1v) is 8.21. The second kappa shape index (κ2) is 6.36. The van der Waals surface area contributed by atoms with Crippen LogP contribution in [0.2, 0.25) is 0 Å². The summed E-state index contributed by atoms with van der Waals surface area (Å²) in [4.78, 5) is 0. The first-order chi connectivity index (χ1) is 10.2. The largest absolute Gasteiger partial charge is 0.491 e. The Morgan fingerprint density at radius 2 is 1.86 bits per heavy atom. The van der Waals surface area contributed by atoms with Crippen molar-refractivity contribution in [1.29, 1.82) is 0 Å². The minimum absolute atomic E-state index is 0.341. The smallest absolute Gasteiger partial charge is 0.400 e. The van der Waals surface area contributed by atoms with Crippen LogP contribution in [-0.2, 0) is 9.31 Å². The van der Waals surface area contributed by atoms with Crippen LogP contribution < -0.4 is 11.1 Å². The van der Waals surface area contributed by atoms with Crippen molar-refractivity contribution >= 4 is 34.8 Å². The zero-order chi connectivity index (χ0) is 16.5. The van der Waals surface area contributed by atoms with Crippen molar-refractivity contribution in [3.8, 4) is 0 Å². The summed E-state index contributed by atoms with van der Waals surface area (Å²) in [6, 6.07) is 5.87. The highest BCUT2D eigenvalue weighted by Crippen LogP contribution is 2.38. The van der Waals surface area contributed by atoms with E-state index in [9.17, 15) is 0 Å². The average Bonchev–Trinajstić information content (AvgIpc) is 2.62. The number of nitrogens with two attached hydrogens (primary N) is 1. The molecule has 2 rings (SSSR count). The minimum atomic E-state index is -0.353. The molecule has 6 heteroatoms. The lowest BCUT2D eigenvalue weighted by Crippen LogP contribution is -2.41. The summed E-state index contributed by atoms with van der Waals surface area (Å²) in [5, 5.41) is 3.18. The summed E-state index contributed by atoms with van der Waals surface area (Å²) in [5.74, 6) is 0. The molecule has 1 aromatic carbocycles. The number of nitrogen functional groups attached to an aromatic ring is 1. The van der Waals surface area contributed by atoms with Crippen molar-refractivity contribution in [2.24, 2.45) is 0 Å². The van der Waals surface area contributed by atoms with Gasteiger partial charge < -0.3 is 20.4 Å². The van der Waals surface area contributed by atoms with Gasteiger partial charge in [0.15, 0.2) is 0 Å². The van der Waals surface area contributed by atoms with Gasteiger partial charge in [-0.2, -0.15) is 0 Å². The van der Waals surface area contributed by atoms with Crippen LogP contribution in [0.1, 0.15) is 33.3 Å². The molecule has 0 spiro atoms. The van der Waals surface area contributed by atoms with Crippen molar-refractivity contribution in [3.05, 3.63) is 33.7 Å². The molecule has 0 bridgehead atoms. The Kier molecular flexibility index (Phi) is 5.07. The Hall–Kier alpha value is -0.815. The summed E-state index contributed by atoms with van der Waals surface area (Å²) in [5.41, 5.74) is 8.00. The van der Waals surface area contributed by atoms with Crippen LogP contribution in [0.3, 0.4) is 0 Å². The van der Waals surface area contributed by atoms with E-state index >= 15 is 0 Å². The fraction of sp³-hybridized carbons (Fsp3) is 0.500. The molecule has 1 aromatic rings. The summed E-state index contributed by atoms with van der Waals surface area (Å²) in [6.45, 7) is 8.93. The maximum Gasteiger partial charge on any atom is 0.491 e. The highest BCUT2D eigenvalue weighted by molar-refractivity contribution is 9.10. The first-order valence-electron chi connectivity index (χ1n) is 7.42. The van der Waals surface area contributed by atoms with E-state index in [0.29, 0.717) is 6.54 Å². The van der Waals surface area contributed by atoms with Crippen LogP contribution >= 0.6 is 15.9 Å². The van der Waals surface area contributed by atoms with E-state index < -0.39 is 0 Å². The number of halogens is 1. The number of hydrogen-bond acceptors (Lipinski definition) is 4. The summed E-state index contributed by atoms with van der Waals surface area (Å²) >= 11 is 3.46. The van der Waals surface area contributed by atoms with Crippen LogP contribution in [0.25, 0.3) is 6.08 Å². The van der Waals surface area contributed by atoms with E-state index in [-0.39, 0.29) is 18.3 Å². The van der Waals surface area contributed by atoms with Crippen LogP contribution in [0, 0.1) is 0 Å². The van der Waals surface area contributed by atoms with Crippen molar-refractivity contribution < 1.29 is 9.31 Å². The predicted molar refractivity (Wildman–Crippen MR) is 96.5 cm³/mol. The van der Waals surface area contributed by atoms with E-state index in [1.807, 2.05) is 25.2 Å². The van der Waals surface area contributed by atoms with Gasteiger partial charge in [0, 0.05) is 16.7 Å². The van der Waals surface area contributed by atoms with Crippen LogP contribution in [-0.4, -0.2) is 31.9 Å². The Balaban J connectivity index is 2.31. The molecule has 0 saturated carbocycles. The number of rotatable bonds is 4. The summed E-state index contributed by atoms with van der Waals surface area (Å²) < 4.78 is 13.2. The average molecular weight is 367 g/mol. The zero-order valence-corrected chi connectivity index (χ0v) is 15.5. The molecule has 1 aliphatic rings. The standard InChI is InChI=1S/C16H24BBrN2O2/c1-15(2)16(3,4)22-17(21-15)12(10-20-5)8-11-6-7-14(19)13(18)9-11/h6-9,20H,10,19H2,1-5H3. The third-order valence-electron chi connectivity index (χ3n) is 4.31. The quantitative estimate of drug-likeness (QED) is 0.634. The maximum atomic E-state index is 6.14. The van der Waals surface area contributed by atoms with Gasteiger partial charge in [-0.25, -0.2) is 0 Å². The highest BCUT2D eigenvalue weighted by atomic mass is 79.9. The SMILES string of the molecule is CNCC(=Cc1ccc(N)c(Br)c1)B1OC(C)(C)C(C)(C)O1. The molecule has 0 amide bonds. The van der Waals surface area contributed by atoms with Gasteiger partial charge in [0.05, 0.1) is 11.2 Å². The Morgan fingerprint density at radius 1 is 1.27 bits per heavy atom. The van der Waals surface area contributed by atoms with Crippen LogP contribution in [0.4, 0.5) is 5.69 Å². The molecule has 0 aromatic heterocycles. The molecular weight excluding hydrogens is 343 g/mol. The van der Waals surface area contributed by atoms with E-state index in [4.69, 9.17) is 15.0 Å². The lowest BCUT2D eigenvalue weighted by Gasteiger charge is -2.32. The molecule has 22 heavy (non-hydrogen) atoms. The molecule has 1 aliphatic heterocycles.